The van der Waals surface area contributed by atoms with Crippen molar-refractivity contribution >= 4 is 11.8 Å². The number of nitrogens with two attached hydrogens (primary N) is 1. The quantitative estimate of drug-likeness (QED) is 0.522. The Kier molecular flexibility index (Phi) is 3.79. The summed E-state index contributed by atoms with van der Waals surface area (Å²) in [5.74, 6) is 0.921. The molecule has 0 saturated heterocycles. The molecule has 0 amide bonds. The zero-order valence-corrected chi connectivity index (χ0v) is 6.97. The molecule has 60 valence electrons. The van der Waals surface area contributed by atoms with Crippen LogP contribution in [-0.2, 0) is 0 Å². The molecule has 0 aliphatic heterocycles. The van der Waals surface area contributed by atoms with E-state index >= 15 is 0 Å². The summed E-state index contributed by atoms with van der Waals surface area (Å²) in [6.07, 6.45) is 7.53. The summed E-state index contributed by atoms with van der Waals surface area (Å²) in [6.45, 7) is 0.610. The average molecular weight is 169 g/mol. The normalized spacial score (nSPS) is 11.0. The Morgan fingerprint density at radius 3 is 3.18 bits per heavy atom. The number of rotatable bonds is 4. The van der Waals surface area contributed by atoms with Gasteiger partial charge in [0, 0.05) is 24.7 Å². The van der Waals surface area contributed by atoms with Gasteiger partial charge in [-0.1, -0.05) is 23.9 Å². The van der Waals surface area contributed by atoms with E-state index in [1.165, 1.54) is 0 Å². The maximum Gasteiger partial charge on any atom is 0.165 e. The minimum absolute atomic E-state index is 0.610. The molecule has 0 aromatic carbocycles. The second-order valence-electron chi connectivity index (χ2n) is 1.91. The molecule has 0 atom stereocenters. The predicted octanol–water partition coefficient (Wildman–Crippen LogP) is 1.02. The van der Waals surface area contributed by atoms with E-state index in [2.05, 4.69) is 9.97 Å². The first kappa shape index (κ1) is 8.36. The Labute approximate surface area is 70.1 Å². The van der Waals surface area contributed by atoms with Gasteiger partial charge in [0.25, 0.3) is 0 Å². The van der Waals surface area contributed by atoms with Gasteiger partial charge in [-0.25, -0.2) is 4.98 Å². The van der Waals surface area contributed by atoms with Crippen molar-refractivity contribution in [1.82, 2.24) is 9.97 Å². The lowest BCUT2D eigenvalue weighted by Gasteiger charge is -1.89. The molecular formula is C7H11N3S. The number of H-pyrrole nitrogens is 1. The second-order valence-corrected chi connectivity index (χ2v) is 2.92. The van der Waals surface area contributed by atoms with Gasteiger partial charge >= 0.3 is 0 Å². The Morgan fingerprint density at radius 2 is 2.55 bits per heavy atom. The summed E-state index contributed by atoms with van der Waals surface area (Å²) in [4.78, 5) is 7.06. The van der Waals surface area contributed by atoms with Gasteiger partial charge in [0.2, 0.25) is 0 Å². The van der Waals surface area contributed by atoms with E-state index in [0.717, 1.165) is 10.9 Å². The van der Waals surface area contributed by atoms with E-state index in [1.807, 2.05) is 18.3 Å². The molecule has 1 aromatic heterocycles. The highest BCUT2D eigenvalue weighted by Crippen LogP contribution is 2.10. The van der Waals surface area contributed by atoms with E-state index in [0.29, 0.717) is 6.54 Å². The zero-order chi connectivity index (χ0) is 7.94. The summed E-state index contributed by atoms with van der Waals surface area (Å²) in [5, 5.41) is 0.951. The first-order valence-corrected chi connectivity index (χ1v) is 4.39. The van der Waals surface area contributed by atoms with Crippen LogP contribution in [-0.4, -0.2) is 22.3 Å². The zero-order valence-electron chi connectivity index (χ0n) is 6.16. The van der Waals surface area contributed by atoms with Crippen molar-refractivity contribution in [3.8, 4) is 0 Å². The van der Waals surface area contributed by atoms with Crippen LogP contribution in [0.5, 0.6) is 0 Å². The van der Waals surface area contributed by atoms with E-state index in [1.54, 1.807) is 18.0 Å². The van der Waals surface area contributed by atoms with E-state index in [4.69, 9.17) is 5.73 Å². The first-order chi connectivity index (χ1) is 5.43. The van der Waals surface area contributed by atoms with Crippen molar-refractivity contribution in [2.24, 2.45) is 5.73 Å². The molecule has 0 fully saturated rings. The molecule has 0 spiro atoms. The Hall–Kier alpha value is -0.740. The fourth-order valence-electron chi connectivity index (χ4n) is 0.621. The number of nitrogens with one attached hydrogen (secondary N) is 1. The van der Waals surface area contributed by atoms with Gasteiger partial charge in [0.15, 0.2) is 5.16 Å². The van der Waals surface area contributed by atoms with Crippen LogP contribution in [0.1, 0.15) is 0 Å². The number of imidazole rings is 1. The van der Waals surface area contributed by atoms with Crippen LogP contribution >= 0.6 is 11.8 Å². The third-order valence-electron chi connectivity index (χ3n) is 1.09. The monoisotopic (exact) mass is 169 g/mol. The number of hydrogen-bond acceptors (Lipinski definition) is 3. The number of aromatic nitrogens is 2. The van der Waals surface area contributed by atoms with Crippen molar-refractivity contribution in [3.05, 3.63) is 24.5 Å². The molecule has 1 rings (SSSR count). The Morgan fingerprint density at radius 1 is 1.64 bits per heavy atom. The topological polar surface area (TPSA) is 54.7 Å². The van der Waals surface area contributed by atoms with Crippen LogP contribution in [0.4, 0.5) is 0 Å². The van der Waals surface area contributed by atoms with Crippen LogP contribution in [0.3, 0.4) is 0 Å². The second kappa shape index (κ2) is 4.98. The van der Waals surface area contributed by atoms with Crippen molar-refractivity contribution in [2.75, 3.05) is 12.3 Å². The fourth-order valence-corrected chi connectivity index (χ4v) is 1.30. The van der Waals surface area contributed by atoms with Gasteiger partial charge in [0.05, 0.1) is 0 Å². The summed E-state index contributed by atoms with van der Waals surface area (Å²) in [5.41, 5.74) is 5.27. The van der Waals surface area contributed by atoms with Gasteiger partial charge in [-0.2, -0.15) is 0 Å². The van der Waals surface area contributed by atoms with Crippen molar-refractivity contribution in [2.45, 2.75) is 5.16 Å². The average Bonchev–Trinajstić information content (AvgIpc) is 2.50. The van der Waals surface area contributed by atoms with Crippen LogP contribution < -0.4 is 5.73 Å². The largest absolute Gasteiger partial charge is 0.340 e. The van der Waals surface area contributed by atoms with Crippen molar-refractivity contribution < 1.29 is 0 Å². The molecule has 1 heterocycles. The third kappa shape index (κ3) is 3.25. The predicted molar refractivity (Wildman–Crippen MR) is 47.5 cm³/mol. The molecule has 0 radical (unpaired) electrons. The van der Waals surface area contributed by atoms with Gasteiger partial charge in [-0.15, -0.1) is 0 Å². The lowest BCUT2D eigenvalue weighted by atomic mass is 10.5. The molecule has 0 bridgehead atoms. The van der Waals surface area contributed by atoms with Gasteiger partial charge < -0.3 is 10.7 Å². The molecule has 0 unspecified atom stereocenters. The maximum atomic E-state index is 5.27. The molecule has 3 nitrogen and oxygen atoms in total. The standard InChI is InChI=1S/C7H11N3S/c8-3-1-2-6-11-7-9-4-5-10-7/h1-2,4-5H,3,6,8H2,(H,9,10)/b2-1+. The van der Waals surface area contributed by atoms with Crippen LogP contribution in [0.2, 0.25) is 0 Å². The third-order valence-corrected chi connectivity index (χ3v) is 1.95. The number of hydrogen-bond donors (Lipinski definition) is 2. The van der Waals surface area contributed by atoms with Crippen molar-refractivity contribution in [3.63, 3.8) is 0 Å². The Balaban J connectivity index is 2.19. The highest BCUT2D eigenvalue weighted by atomic mass is 32.2. The summed E-state index contributed by atoms with van der Waals surface area (Å²) < 4.78 is 0. The Bertz CT molecular complexity index is 205. The van der Waals surface area contributed by atoms with Gasteiger partial charge in [0.1, 0.15) is 0 Å². The highest BCUT2D eigenvalue weighted by molar-refractivity contribution is 7.99. The lowest BCUT2D eigenvalue weighted by molar-refractivity contribution is 1.06. The smallest absolute Gasteiger partial charge is 0.165 e. The van der Waals surface area contributed by atoms with E-state index in [-0.39, 0.29) is 0 Å². The molecule has 4 heteroatoms. The molecular weight excluding hydrogens is 158 g/mol. The minimum Gasteiger partial charge on any atom is -0.340 e. The van der Waals surface area contributed by atoms with Gasteiger partial charge in [-0.3, -0.25) is 0 Å². The van der Waals surface area contributed by atoms with Crippen LogP contribution in [0.25, 0.3) is 0 Å². The van der Waals surface area contributed by atoms with E-state index in [9.17, 15) is 0 Å². The molecule has 11 heavy (non-hydrogen) atoms. The molecule has 3 N–H and O–H groups in total. The molecule has 0 aliphatic rings. The molecule has 1 aromatic rings. The number of nitrogens with zero attached hydrogens (tertiary/aromatic N) is 1. The van der Waals surface area contributed by atoms with Gasteiger partial charge in [-0.05, 0) is 0 Å². The lowest BCUT2D eigenvalue weighted by Crippen LogP contribution is -1.92. The molecule has 0 aliphatic carbocycles. The SMILES string of the molecule is NC/C=C/CSc1ncc[nH]1. The van der Waals surface area contributed by atoms with Crippen molar-refractivity contribution in [1.29, 1.82) is 0 Å². The highest BCUT2D eigenvalue weighted by Gasteiger charge is 1.90. The van der Waals surface area contributed by atoms with Crippen LogP contribution in [0.15, 0.2) is 29.7 Å². The van der Waals surface area contributed by atoms with E-state index < -0.39 is 0 Å². The summed E-state index contributed by atoms with van der Waals surface area (Å²) in [7, 11) is 0. The number of aromatic amines is 1. The molecule has 0 saturated carbocycles. The van der Waals surface area contributed by atoms with Crippen LogP contribution in [0, 0.1) is 0 Å². The summed E-state index contributed by atoms with van der Waals surface area (Å²) >= 11 is 1.66. The first-order valence-electron chi connectivity index (χ1n) is 3.40. The fraction of sp³-hybridized carbons (Fsp3) is 0.286. The number of thioether (sulfide) groups is 1. The minimum atomic E-state index is 0.610. The maximum absolute atomic E-state index is 5.27. The summed E-state index contributed by atoms with van der Waals surface area (Å²) in [6, 6.07) is 0.